The standard InChI is InChI=1S/C20H28N2O2/c1-17(15-18-5-3-2-4-6-18)16-21-9-7-19(8-10-21)20(23)22-11-13-24-14-12-22/h2-6,15,19H,7-14,16H2,1H3/b17-15+. The fourth-order valence-electron chi connectivity index (χ4n) is 3.61. The molecule has 0 unspecified atom stereocenters. The molecule has 24 heavy (non-hydrogen) atoms. The van der Waals surface area contributed by atoms with Crippen molar-refractivity contribution in [1.29, 1.82) is 0 Å². The number of morpholine rings is 1. The largest absolute Gasteiger partial charge is 0.378 e. The molecule has 0 N–H and O–H groups in total. The fourth-order valence-corrected chi connectivity index (χ4v) is 3.61. The van der Waals surface area contributed by atoms with Crippen LogP contribution in [0.15, 0.2) is 35.9 Å². The van der Waals surface area contributed by atoms with Gasteiger partial charge in [-0.25, -0.2) is 0 Å². The summed E-state index contributed by atoms with van der Waals surface area (Å²) in [7, 11) is 0. The molecule has 2 aliphatic heterocycles. The molecular formula is C20H28N2O2. The van der Waals surface area contributed by atoms with Crippen molar-refractivity contribution in [3.05, 3.63) is 41.5 Å². The summed E-state index contributed by atoms with van der Waals surface area (Å²) in [4.78, 5) is 17.0. The topological polar surface area (TPSA) is 32.8 Å². The number of rotatable bonds is 4. The number of benzene rings is 1. The first kappa shape index (κ1) is 17.2. The van der Waals surface area contributed by atoms with E-state index >= 15 is 0 Å². The lowest BCUT2D eigenvalue weighted by Gasteiger charge is -2.35. The van der Waals surface area contributed by atoms with Crippen LogP contribution < -0.4 is 0 Å². The zero-order valence-electron chi connectivity index (χ0n) is 14.6. The fraction of sp³-hybridized carbons (Fsp3) is 0.550. The Morgan fingerprint density at radius 3 is 2.46 bits per heavy atom. The zero-order valence-corrected chi connectivity index (χ0v) is 14.6. The van der Waals surface area contributed by atoms with Gasteiger partial charge in [-0.3, -0.25) is 9.69 Å². The average Bonchev–Trinajstić information content (AvgIpc) is 2.63. The van der Waals surface area contributed by atoms with Crippen molar-refractivity contribution in [2.24, 2.45) is 5.92 Å². The van der Waals surface area contributed by atoms with Gasteiger partial charge in [0.2, 0.25) is 5.91 Å². The lowest BCUT2D eigenvalue weighted by molar-refractivity contribution is -0.141. The number of nitrogens with zero attached hydrogens (tertiary/aromatic N) is 2. The number of carbonyl (C=O) groups is 1. The van der Waals surface area contributed by atoms with Gasteiger partial charge in [0.1, 0.15) is 0 Å². The Morgan fingerprint density at radius 2 is 1.79 bits per heavy atom. The second-order valence-electron chi connectivity index (χ2n) is 6.89. The first-order chi connectivity index (χ1) is 11.7. The minimum Gasteiger partial charge on any atom is -0.378 e. The molecule has 4 nitrogen and oxygen atoms in total. The first-order valence-electron chi connectivity index (χ1n) is 9.03. The summed E-state index contributed by atoms with van der Waals surface area (Å²) in [6, 6.07) is 10.5. The molecule has 2 heterocycles. The van der Waals surface area contributed by atoms with Gasteiger partial charge in [0, 0.05) is 25.6 Å². The summed E-state index contributed by atoms with van der Waals surface area (Å²) in [6.45, 7) is 8.12. The summed E-state index contributed by atoms with van der Waals surface area (Å²) < 4.78 is 5.34. The minimum atomic E-state index is 0.206. The summed E-state index contributed by atoms with van der Waals surface area (Å²) in [5.41, 5.74) is 2.63. The van der Waals surface area contributed by atoms with Crippen LogP contribution in [0.1, 0.15) is 25.3 Å². The molecule has 2 fully saturated rings. The Balaban J connectivity index is 1.46. The summed E-state index contributed by atoms with van der Waals surface area (Å²) >= 11 is 0. The highest BCUT2D eigenvalue weighted by molar-refractivity contribution is 5.79. The van der Waals surface area contributed by atoms with E-state index in [1.165, 1.54) is 11.1 Å². The molecule has 1 aromatic rings. The van der Waals surface area contributed by atoms with Gasteiger partial charge in [-0.15, -0.1) is 0 Å². The van der Waals surface area contributed by atoms with Crippen LogP contribution in [-0.4, -0.2) is 61.6 Å². The van der Waals surface area contributed by atoms with Crippen LogP contribution in [0.25, 0.3) is 6.08 Å². The van der Waals surface area contributed by atoms with E-state index in [0.29, 0.717) is 19.1 Å². The van der Waals surface area contributed by atoms with Crippen molar-refractivity contribution in [1.82, 2.24) is 9.80 Å². The lowest BCUT2D eigenvalue weighted by atomic mass is 9.94. The zero-order chi connectivity index (χ0) is 16.8. The van der Waals surface area contributed by atoms with Gasteiger partial charge < -0.3 is 9.64 Å². The Labute approximate surface area is 145 Å². The normalized spacial score (nSPS) is 21.0. The summed E-state index contributed by atoms with van der Waals surface area (Å²) in [5, 5.41) is 0. The molecule has 2 saturated heterocycles. The number of piperidine rings is 1. The van der Waals surface area contributed by atoms with Crippen LogP contribution in [0.2, 0.25) is 0 Å². The predicted molar refractivity (Wildman–Crippen MR) is 96.7 cm³/mol. The molecule has 0 radical (unpaired) electrons. The Hall–Kier alpha value is -1.65. The maximum atomic E-state index is 12.6. The molecule has 1 aromatic carbocycles. The number of amides is 1. The Bertz CT molecular complexity index is 556. The molecule has 3 rings (SSSR count). The molecule has 2 aliphatic rings. The van der Waals surface area contributed by atoms with Gasteiger partial charge in [-0.05, 0) is 38.4 Å². The number of ether oxygens (including phenoxy) is 1. The van der Waals surface area contributed by atoms with Crippen LogP contribution in [0, 0.1) is 5.92 Å². The molecule has 4 heteroatoms. The van der Waals surface area contributed by atoms with E-state index in [1.54, 1.807) is 0 Å². The molecule has 0 atom stereocenters. The predicted octanol–water partition coefficient (Wildman–Crippen LogP) is 2.66. The molecule has 1 amide bonds. The molecule has 0 spiro atoms. The van der Waals surface area contributed by atoms with Crippen LogP contribution in [0.5, 0.6) is 0 Å². The molecular weight excluding hydrogens is 300 g/mol. The van der Waals surface area contributed by atoms with E-state index in [0.717, 1.165) is 45.6 Å². The quantitative estimate of drug-likeness (QED) is 0.852. The highest BCUT2D eigenvalue weighted by Gasteiger charge is 2.29. The van der Waals surface area contributed by atoms with Crippen LogP contribution in [-0.2, 0) is 9.53 Å². The van der Waals surface area contributed by atoms with Gasteiger partial charge in [0.05, 0.1) is 13.2 Å². The van der Waals surface area contributed by atoms with E-state index in [1.807, 2.05) is 11.0 Å². The van der Waals surface area contributed by atoms with E-state index in [9.17, 15) is 4.79 Å². The van der Waals surface area contributed by atoms with E-state index in [-0.39, 0.29) is 5.92 Å². The number of hydrogen-bond donors (Lipinski definition) is 0. The van der Waals surface area contributed by atoms with Gasteiger partial charge in [0.25, 0.3) is 0 Å². The van der Waals surface area contributed by atoms with E-state index in [2.05, 4.69) is 42.2 Å². The maximum absolute atomic E-state index is 12.6. The first-order valence-corrected chi connectivity index (χ1v) is 9.03. The Kier molecular flexibility index (Phi) is 6.05. The SMILES string of the molecule is C/C(=C\c1ccccc1)CN1CCC(C(=O)N2CCOCC2)CC1. The van der Waals surface area contributed by atoms with Crippen molar-refractivity contribution >= 4 is 12.0 Å². The Morgan fingerprint density at radius 1 is 1.12 bits per heavy atom. The molecule has 0 saturated carbocycles. The maximum Gasteiger partial charge on any atom is 0.225 e. The second-order valence-corrected chi connectivity index (χ2v) is 6.89. The summed E-state index contributed by atoms with van der Waals surface area (Å²) in [5.74, 6) is 0.548. The molecule has 0 aromatic heterocycles. The highest BCUT2D eigenvalue weighted by Crippen LogP contribution is 2.21. The second kappa shape index (κ2) is 8.45. The van der Waals surface area contributed by atoms with Gasteiger partial charge in [0.15, 0.2) is 0 Å². The van der Waals surface area contributed by atoms with Crippen molar-refractivity contribution in [2.45, 2.75) is 19.8 Å². The van der Waals surface area contributed by atoms with E-state index in [4.69, 9.17) is 4.74 Å². The van der Waals surface area contributed by atoms with Crippen molar-refractivity contribution in [2.75, 3.05) is 45.9 Å². The number of likely N-dealkylation sites (tertiary alicyclic amines) is 1. The number of carbonyl (C=O) groups excluding carboxylic acids is 1. The third-order valence-electron chi connectivity index (χ3n) is 4.95. The van der Waals surface area contributed by atoms with Gasteiger partial charge in [-0.2, -0.15) is 0 Å². The molecule has 0 bridgehead atoms. The average molecular weight is 328 g/mol. The highest BCUT2D eigenvalue weighted by atomic mass is 16.5. The van der Waals surface area contributed by atoms with Crippen molar-refractivity contribution in [3.63, 3.8) is 0 Å². The van der Waals surface area contributed by atoms with E-state index < -0.39 is 0 Å². The lowest BCUT2D eigenvalue weighted by Crippen LogP contribution is -2.46. The van der Waals surface area contributed by atoms with Gasteiger partial charge in [-0.1, -0.05) is 42.0 Å². The van der Waals surface area contributed by atoms with Crippen molar-refractivity contribution in [3.8, 4) is 0 Å². The molecule has 130 valence electrons. The third kappa shape index (κ3) is 4.68. The van der Waals surface area contributed by atoms with Crippen molar-refractivity contribution < 1.29 is 9.53 Å². The smallest absolute Gasteiger partial charge is 0.225 e. The minimum absolute atomic E-state index is 0.206. The third-order valence-corrected chi connectivity index (χ3v) is 4.95. The van der Waals surface area contributed by atoms with Crippen LogP contribution in [0.4, 0.5) is 0 Å². The van der Waals surface area contributed by atoms with Gasteiger partial charge >= 0.3 is 0 Å². The monoisotopic (exact) mass is 328 g/mol. The molecule has 0 aliphatic carbocycles. The summed E-state index contributed by atoms with van der Waals surface area (Å²) in [6.07, 6.45) is 4.22. The number of hydrogen-bond acceptors (Lipinski definition) is 3. The van der Waals surface area contributed by atoms with Crippen LogP contribution in [0.3, 0.4) is 0 Å². The van der Waals surface area contributed by atoms with Crippen LogP contribution >= 0.6 is 0 Å².